The van der Waals surface area contributed by atoms with E-state index in [9.17, 15) is 0 Å². The van der Waals surface area contributed by atoms with Crippen molar-refractivity contribution in [2.24, 2.45) is 0 Å². The highest BCUT2D eigenvalue weighted by molar-refractivity contribution is 7.05. The minimum atomic E-state index is -2.51. The molecule has 0 amide bonds. The fourth-order valence-electron chi connectivity index (χ4n) is 7.69. The van der Waals surface area contributed by atoms with Crippen LogP contribution in [0.5, 0.6) is 0 Å². The number of hydrogen-bond acceptors (Lipinski definition) is 0. The zero-order chi connectivity index (χ0) is 28.0. The SMILES string of the molecule is CC1=CC(C)=C(C)C1[Si](c1ccccc1)(c1ccccc1)C1C(C)=Cc2c(-c3ccc(C(C)C)cc3)cccc21. The summed E-state index contributed by atoms with van der Waals surface area (Å²) in [7, 11) is -2.51. The molecule has 1 heteroatoms. The molecule has 0 spiro atoms. The lowest BCUT2D eigenvalue weighted by Gasteiger charge is -2.46. The molecule has 0 saturated heterocycles. The van der Waals surface area contributed by atoms with E-state index < -0.39 is 8.07 Å². The number of rotatable bonds is 6. The Kier molecular flexibility index (Phi) is 6.88. The van der Waals surface area contributed by atoms with E-state index in [1.807, 2.05) is 0 Å². The summed E-state index contributed by atoms with van der Waals surface area (Å²) >= 11 is 0. The largest absolute Gasteiger partial charge is 0.140 e. The van der Waals surface area contributed by atoms with Gasteiger partial charge in [-0.1, -0.05) is 162 Å². The van der Waals surface area contributed by atoms with Crippen LogP contribution in [0.25, 0.3) is 17.2 Å². The van der Waals surface area contributed by atoms with Gasteiger partial charge < -0.3 is 0 Å². The third-order valence-electron chi connectivity index (χ3n) is 9.53. The molecule has 0 bridgehead atoms. The van der Waals surface area contributed by atoms with Gasteiger partial charge in [0.25, 0.3) is 0 Å². The average Bonchev–Trinajstić information content (AvgIpc) is 3.45. The van der Waals surface area contributed by atoms with Crippen molar-refractivity contribution in [3.05, 3.63) is 148 Å². The first kappa shape index (κ1) is 26.5. The molecular formula is C39H40Si. The number of allylic oxidation sites excluding steroid dienone is 5. The second kappa shape index (κ2) is 10.4. The van der Waals surface area contributed by atoms with Gasteiger partial charge in [0.2, 0.25) is 0 Å². The van der Waals surface area contributed by atoms with Gasteiger partial charge in [-0.25, -0.2) is 0 Å². The molecule has 4 aromatic rings. The van der Waals surface area contributed by atoms with Gasteiger partial charge in [0.15, 0.2) is 0 Å². The first-order valence-electron chi connectivity index (χ1n) is 14.7. The number of benzene rings is 4. The van der Waals surface area contributed by atoms with Crippen LogP contribution in [0.3, 0.4) is 0 Å². The summed E-state index contributed by atoms with van der Waals surface area (Å²) in [6.07, 6.45) is 4.97. The predicted octanol–water partition coefficient (Wildman–Crippen LogP) is 9.45. The van der Waals surface area contributed by atoms with Crippen LogP contribution in [0.2, 0.25) is 5.54 Å². The van der Waals surface area contributed by atoms with Crippen LogP contribution in [0.15, 0.2) is 131 Å². The van der Waals surface area contributed by atoms with Gasteiger partial charge in [-0.15, -0.1) is 0 Å². The van der Waals surface area contributed by atoms with E-state index in [4.69, 9.17) is 0 Å². The van der Waals surface area contributed by atoms with Crippen LogP contribution in [-0.2, 0) is 0 Å². The second-order valence-electron chi connectivity index (χ2n) is 12.2. The van der Waals surface area contributed by atoms with E-state index in [2.05, 4.69) is 157 Å². The monoisotopic (exact) mass is 536 g/mol. The fourth-order valence-corrected chi connectivity index (χ4v) is 14.4. The molecule has 4 aromatic carbocycles. The predicted molar refractivity (Wildman–Crippen MR) is 176 cm³/mol. The third-order valence-corrected chi connectivity index (χ3v) is 15.6. The first-order chi connectivity index (χ1) is 19.3. The molecule has 0 N–H and O–H groups in total. The van der Waals surface area contributed by atoms with Gasteiger partial charge in [-0.3, -0.25) is 0 Å². The minimum Gasteiger partial charge on any atom is -0.0679 e. The van der Waals surface area contributed by atoms with Crippen molar-refractivity contribution in [2.75, 3.05) is 0 Å². The molecule has 2 atom stereocenters. The van der Waals surface area contributed by atoms with Crippen LogP contribution in [-0.4, -0.2) is 8.07 Å². The maximum absolute atomic E-state index is 2.51. The smallest absolute Gasteiger partial charge is 0.0679 e. The zero-order valence-electron chi connectivity index (χ0n) is 24.7. The van der Waals surface area contributed by atoms with Crippen LogP contribution < -0.4 is 10.4 Å². The van der Waals surface area contributed by atoms with Gasteiger partial charge in [0.05, 0.1) is 0 Å². The van der Waals surface area contributed by atoms with Crippen molar-refractivity contribution in [3.8, 4) is 11.1 Å². The van der Waals surface area contributed by atoms with Gasteiger partial charge >= 0.3 is 0 Å². The molecule has 0 aromatic heterocycles. The molecule has 40 heavy (non-hydrogen) atoms. The van der Waals surface area contributed by atoms with E-state index in [1.165, 1.54) is 54.9 Å². The Labute approximate surface area is 241 Å². The third kappa shape index (κ3) is 4.11. The molecule has 0 radical (unpaired) electrons. The van der Waals surface area contributed by atoms with E-state index in [-0.39, 0.29) is 0 Å². The van der Waals surface area contributed by atoms with Gasteiger partial charge in [-0.2, -0.15) is 0 Å². The van der Waals surface area contributed by atoms with Crippen molar-refractivity contribution in [3.63, 3.8) is 0 Å². The molecule has 2 aliphatic rings. The molecule has 0 saturated carbocycles. The highest BCUT2D eigenvalue weighted by atomic mass is 28.3. The molecule has 2 unspecified atom stereocenters. The Balaban J connectivity index is 1.64. The van der Waals surface area contributed by atoms with Crippen molar-refractivity contribution in [1.82, 2.24) is 0 Å². The standard InChI is InChI=1S/C39H40Si/c1-26(2)31-20-22-32(23-21-31)35-18-13-19-36-37(35)25-29(5)39(36)40(33-14-9-7-10-15-33,34-16-11-8-12-17-34)38-28(4)24-27(3)30(38)6/h7-26,38-39H,1-6H3. The maximum atomic E-state index is 2.51. The normalized spacial score (nSPS) is 18.7. The van der Waals surface area contributed by atoms with Crippen LogP contribution in [0, 0.1) is 0 Å². The van der Waals surface area contributed by atoms with Crippen molar-refractivity contribution in [2.45, 2.75) is 58.5 Å². The van der Waals surface area contributed by atoms with E-state index in [1.54, 1.807) is 5.57 Å². The maximum Gasteiger partial charge on any atom is 0.140 e. The summed E-state index contributed by atoms with van der Waals surface area (Å²) in [5.41, 5.74) is 13.7. The molecule has 0 fully saturated rings. The Morgan fingerprint density at radius 2 is 1.15 bits per heavy atom. The lowest BCUT2D eigenvalue weighted by molar-refractivity contribution is 0.867. The quantitative estimate of drug-likeness (QED) is 0.215. The average molecular weight is 537 g/mol. The summed E-state index contributed by atoms with van der Waals surface area (Å²) < 4.78 is 0. The van der Waals surface area contributed by atoms with Crippen molar-refractivity contribution >= 4 is 24.5 Å². The topological polar surface area (TPSA) is 0 Å². The lowest BCUT2D eigenvalue weighted by Crippen LogP contribution is -2.66. The Morgan fingerprint density at radius 3 is 1.68 bits per heavy atom. The number of hydrogen-bond donors (Lipinski definition) is 0. The molecule has 2 aliphatic carbocycles. The molecule has 0 heterocycles. The summed E-state index contributed by atoms with van der Waals surface area (Å²) in [6.45, 7) is 14.0. The van der Waals surface area contributed by atoms with Gasteiger partial charge in [0, 0.05) is 11.1 Å². The summed E-state index contributed by atoms with van der Waals surface area (Å²) in [5.74, 6) is 0.535. The fraction of sp³-hybridized carbons (Fsp3) is 0.231. The van der Waals surface area contributed by atoms with E-state index >= 15 is 0 Å². The molecule has 6 rings (SSSR count). The van der Waals surface area contributed by atoms with Crippen molar-refractivity contribution in [1.29, 1.82) is 0 Å². The van der Waals surface area contributed by atoms with Gasteiger partial charge in [0.1, 0.15) is 8.07 Å². The Morgan fingerprint density at radius 1 is 0.575 bits per heavy atom. The summed E-state index contributed by atoms with van der Waals surface area (Å²) in [5, 5.41) is 3.04. The second-order valence-corrected chi connectivity index (χ2v) is 16.2. The lowest BCUT2D eigenvalue weighted by atomic mass is 9.94. The molecule has 0 nitrogen and oxygen atoms in total. The Bertz CT molecular complexity index is 1590. The first-order valence-corrected chi connectivity index (χ1v) is 16.9. The number of fused-ring (bicyclic) bond motifs is 1. The summed E-state index contributed by atoms with van der Waals surface area (Å²) in [4.78, 5) is 0. The van der Waals surface area contributed by atoms with Crippen LogP contribution in [0.1, 0.15) is 69.7 Å². The summed E-state index contributed by atoms with van der Waals surface area (Å²) in [6, 6.07) is 39.3. The van der Waals surface area contributed by atoms with Crippen LogP contribution in [0.4, 0.5) is 0 Å². The Hall–Kier alpha value is -3.68. The van der Waals surface area contributed by atoms with Crippen LogP contribution >= 0.6 is 0 Å². The molecular weight excluding hydrogens is 497 g/mol. The molecule has 0 aliphatic heterocycles. The highest BCUT2D eigenvalue weighted by Gasteiger charge is 2.55. The van der Waals surface area contributed by atoms with Crippen molar-refractivity contribution < 1.29 is 0 Å². The van der Waals surface area contributed by atoms with Gasteiger partial charge in [-0.05, 0) is 61.4 Å². The minimum absolute atomic E-state index is 0.344. The van der Waals surface area contributed by atoms with E-state index in [0.717, 1.165) is 0 Å². The zero-order valence-corrected chi connectivity index (χ0v) is 25.7. The highest BCUT2D eigenvalue weighted by Crippen LogP contribution is 2.53. The van der Waals surface area contributed by atoms with E-state index in [0.29, 0.717) is 17.0 Å². The molecule has 200 valence electrons.